The molecule has 0 atom stereocenters. The minimum Gasteiger partial charge on any atom is -0.218 e. The molecule has 2 nitrogen and oxygen atoms in total. The van der Waals surface area contributed by atoms with Crippen LogP contribution in [0.3, 0.4) is 0 Å². The summed E-state index contributed by atoms with van der Waals surface area (Å²) in [6.45, 7) is 3.94. The summed E-state index contributed by atoms with van der Waals surface area (Å²) < 4.78 is 24.7. The average molecular weight is 244 g/mol. The molecule has 0 saturated heterocycles. The summed E-state index contributed by atoms with van der Waals surface area (Å²) in [6, 6.07) is 10.9. The third-order valence-corrected chi connectivity index (χ3v) is 5.20. The molecule has 0 saturated carbocycles. The zero-order valence-corrected chi connectivity index (χ0v) is 10.5. The minimum absolute atomic E-state index is 0.431. The van der Waals surface area contributed by atoms with E-state index in [1.54, 1.807) is 18.2 Å². The maximum absolute atomic E-state index is 12.3. The number of fused-ring (bicyclic) bond motifs is 3. The second-order valence-electron chi connectivity index (χ2n) is 4.43. The van der Waals surface area contributed by atoms with Gasteiger partial charge in [-0.15, -0.1) is 0 Å². The van der Waals surface area contributed by atoms with Crippen LogP contribution in [0.2, 0.25) is 0 Å². The summed E-state index contributed by atoms with van der Waals surface area (Å²) in [6.07, 6.45) is 0. The van der Waals surface area contributed by atoms with Crippen LogP contribution >= 0.6 is 0 Å². The lowest BCUT2D eigenvalue weighted by atomic mass is 10.0. The van der Waals surface area contributed by atoms with Crippen molar-refractivity contribution >= 4 is 9.84 Å². The molecule has 0 bridgehead atoms. The molecule has 0 spiro atoms. The van der Waals surface area contributed by atoms with Crippen LogP contribution in [0.5, 0.6) is 0 Å². The molecule has 0 aliphatic carbocycles. The van der Waals surface area contributed by atoms with Crippen molar-refractivity contribution in [1.29, 1.82) is 0 Å². The predicted molar refractivity (Wildman–Crippen MR) is 66.8 cm³/mol. The molecular weight excluding hydrogens is 232 g/mol. The average Bonchev–Trinajstić information content (AvgIpc) is 2.51. The molecule has 86 valence electrons. The van der Waals surface area contributed by atoms with Gasteiger partial charge in [-0.1, -0.05) is 18.2 Å². The summed E-state index contributed by atoms with van der Waals surface area (Å²) in [4.78, 5) is 0.877. The van der Waals surface area contributed by atoms with Gasteiger partial charge >= 0.3 is 0 Å². The Morgan fingerprint density at radius 1 is 0.824 bits per heavy atom. The molecule has 0 amide bonds. The summed E-state index contributed by atoms with van der Waals surface area (Å²) in [7, 11) is -3.30. The van der Waals surface area contributed by atoms with Crippen molar-refractivity contribution in [2.45, 2.75) is 23.6 Å². The van der Waals surface area contributed by atoms with Crippen molar-refractivity contribution in [3.8, 4) is 11.1 Å². The first kappa shape index (κ1) is 10.5. The molecule has 2 aromatic carbocycles. The molecule has 1 heterocycles. The van der Waals surface area contributed by atoms with E-state index in [4.69, 9.17) is 0 Å². The fourth-order valence-electron chi connectivity index (χ4n) is 2.26. The molecule has 1 aliphatic heterocycles. The van der Waals surface area contributed by atoms with E-state index < -0.39 is 9.84 Å². The highest BCUT2D eigenvalue weighted by molar-refractivity contribution is 7.92. The van der Waals surface area contributed by atoms with Crippen LogP contribution in [-0.2, 0) is 9.84 Å². The Balaban J connectivity index is 2.49. The highest BCUT2D eigenvalue weighted by atomic mass is 32.2. The van der Waals surface area contributed by atoms with E-state index in [0.29, 0.717) is 9.79 Å². The second-order valence-corrected chi connectivity index (χ2v) is 6.32. The van der Waals surface area contributed by atoms with Gasteiger partial charge in [-0.25, -0.2) is 8.42 Å². The Kier molecular flexibility index (Phi) is 1.98. The minimum atomic E-state index is -3.30. The summed E-state index contributed by atoms with van der Waals surface area (Å²) in [5.74, 6) is 0. The lowest BCUT2D eigenvalue weighted by Crippen LogP contribution is -1.97. The van der Waals surface area contributed by atoms with Crippen LogP contribution in [0, 0.1) is 13.8 Å². The van der Waals surface area contributed by atoms with Crippen LogP contribution in [0.15, 0.2) is 46.2 Å². The van der Waals surface area contributed by atoms with E-state index in [9.17, 15) is 8.42 Å². The molecule has 2 aromatic rings. The number of sulfone groups is 1. The lowest BCUT2D eigenvalue weighted by molar-refractivity contribution is 0.598. The quantitative estimate of drug-likeness (QED) is 0.609. The Morgan fingerprint density at radius 2 is 1.47 bits per heavy atom. The largest absolute Gasteiger partial charge is 0.218 e. The highest BCUT2D eigenvalue weighted by Crippen LogP contribution is 2.43. The molecule has 3 heteroatoms. The van der Waals surface area contributed by atoms with E-state index in [2.05, 4.69) is 0 Å². The molecule has 0 unspecified atom stereocenters. The van der Waals surface area contributed by atoms with Crippen LogP contribution in [0.25, 0.3) is 11.1 Å². The first-order valence-corrected chi connectivity index (χ1v) is 6.96. The Morgan fingerprint density at radius 3 is 2.24 bits per heavy atom. The first-order valence-electron chi connectivity index (χ1n) is 5.47. The fourth-order valence-corrected chi connectivity index (χ4v) is 4.02. The Hall–Kier alpha value is -1.61. The van der Waals surface area contributed by atoms with Gasteiger partial charge in [0.2, 0.25) is 9.84 Å². The molecular formula is C14H12O2S. The van der Waals surface area contributed by atoms with E-state index in [1.807, 2.05) is 32.0 Å². The molecule has 17 heavy (non-hydrogen) atoms. The van der Waals surface area contributed by atoms with Gasteiger partial charge in [0.1, 0.15) is 0 Å². The lowest BCUT2D eigenvalue weighted by Gasteiger charge is -2.04. The van der Waals surface area contributed by atoms with Gasteiger partial charge in [-0.2, -0.15) is 0 Å². The second kappa shape index (κ2) is 3.20. The SMILES string of the molecule is Cc1cc2c(cc1C)S(=O)(=O)c1ccccc1-2. The number of hydrogen-bond acceptors (Lipinski definition) is 2. The van der Waals surface area contributed by atoms with E-state index in [0.717, 1.165) is 22.3 Å². The summed E-state index contributed by atoms with van der Waals surface area (Å²) in [5.41, 5.74) is 3.80. The maximum Gasteiger partial charge on any atom is 0.207 e. The van der Waals surface area contributed by atoms with Gasteiger partial charge in [0.05, 0.1) is 9.79 Å². The maximum atomic E-state index is 12.3. The van der Waals surface area contributed by atoms with Crippen molar-refractivity contribution in [3.05, 3.63) is 47.5 Å². The molecule has 3 rings (SSSR count). The van der Waals surface area contributed by atoms with Gasteiger partial charge in [-0.05, 0) is 43.2 Å². The van der Waals surface area contributed by atoms with Crippen LogP contribution in [0.4, 0.5) is 0 Å². The van der Waals surface area contributed by atoms with Crippen molar-refractivity contribution in [1.82, 2.24) is 0 Å². The highest BCUT2D eigenvalue weighted by Gasteiger charge is 2.32. The van der Waals surface area contributed by atoms with Crippen molar-refractivity contribution in [3.63, 3.8) is 0 Å². The van der Waals surface area contributed by atoms with Gasteiger partial charge in [0.15, 0.2) is 0 Å². The Bertz CT molecular complexity index is 728. The fraction of sp³-hybridized carbons (Fsp3) is 0.143. The number of rotatable bonds is 0. The van der Waals surface area contributed by atoms with Gasteiger partial charge in [0, 0.05) is 11.1 Å². The Labute approximate surface area is 101 Å². The normalized spacial score (nSPS) is 15.4. The smallest absolute Gasteiger partial charge is 0.207 e. The molecule has 0 radical (unpaired) electrons. The molecule has 0 N–H and O–H groups in total. The number of benzene rings is 2. The topological polar surface area (TPSA) is 34.1 Å². The standard InChI is InChI=1S/C14H12O2S/c1-9-7-12-11-5-3-4-6-13(11)17(15,16)14(12)8-10(9)2/h3-8H,1-2H3. The first-order chi connectivity index (χ1) is 8.01. The van der Waals surface area contributed by atoms with Crippen LogP contribution in [-0.4, -0.2) is 8.42 Å². The van der Waals surface area contributed by atoms with E-state index >= 15 is 0 Å². The van der Waals surface area contributed by atoms with Crippen molar-refractivity contribution < 1.29 is 8.42 Å². The van der Waals surface area contributed by atoms with Crippen molar-refractivity contribution in [2.75, 3.05) is 0 Å². The molecule has 1 aliphatic rings. The molecule has 0 fully saturated rings. The monoisotopic (exact) mass is 244 g/mol. The summed E-state index contributed by atoms with van der Waals surface area (Å²) in [5, 5.41) is 0. The zero-order valence-electron chi connectivity index (χ0n) is 9.69. The van der Waals surface area contributed by atoms with E-state index in [1.165, 1.54) is 0 Å². The number of aryl methyl sites for hydroxylation is 2. The third kappa shape index (κ3) is 1.29. The zero-order chi connectivity index (χ0) is 12.2. The number of hydrogen-bond donors (Lipinski definition) is 0. The third-order valence-electron chi connectivity index (χ3n) is 3.35. The van der Waals surface area contributed by atoms with Crippen molar-refractivity contribution in [2.24, 2.45) is 0 Å². The van der Waals surface area contributed by atoms with Gasteiger partial charge < -0.3 is 0 Å². The predicted octanol–water partition coefficient (Wildman–Crippen LogP) is 3.12. The molecule has 0 aromatic heterocycles. The van der Waals surface area contributed by atoms with Gasteiger partial charge in [0.25, 0.3) is 0 Å². The van der Waals surface area contributed by atoms with E-state index in [-0.39, 0.29) is 0 Å². The van der Waals surface area contributed by atoms with Crippen LogP contribution in [0.1, 0.15) is 11.1 Å². The van der Waals surface area contributed by atoms with Crippen LogP contribution < -0.4 is 0 Å². The summed E-state index contributed by atoms with van der Waals surface area (Å²) >= 11 is 0. The van der Waals surface area contributed by atoms with Gasteiger partial charge in [-0.3, -0.25) is 0 Å².